The van der Waals surface area contributed by atoms with E-state index in [2.05, 4.69) is 146 Å². The first-order valence-corrected chi connectivity index (χ1v) is 18.5. The second kappa shape index (κ2) is 10.9. The van der Waals surface area contributed by atoms with Gasteiger partial charge in [0.1, 0.15) is 11.2 Å². The summed E-state index contributed by atoms with van der Waals surface area (Å²) in [7, 11) is 0. The zero-order valence-electron chi connectivity index (χ0n) is 27.4. The van der Waals surface area contributed by atoms with E-state index in [1.54, 1.807) is 0 Å². The van der Waals surface area contributed by atoms with Crippen LogP contribution in [0, 0.1) is 0 Å². The highest BCUT2D eigenvalue weighted by Crippen LogP contribution is 2.44. The molecule has 1 atom stereocenters. The Morgan fingerprint density at radius 3 is 2.16 bits per heavy atom. The van der Waals surface area contributed by atoms with Gasteiger partial charge in [0.15, 0.2) is 0 Å². The second-order valence-corrected chi connectivity index (χ2v) is 14.9. The predicted molar refractivity (Wildman–Crippen MR) is 215 cm³/mol. The summed E-state index contributed by atoms with van der Waals surface area (Å²) in [6.07, 6.45) is 15.0. The maximum atomic E-state index is 6.26. The van der Waals surface area contributed by atoms with Crippen LogP contribution in [-0.2, 0) is 0 Å². The van der Waals surface area contributed by atoms with Gasteiger partial charge in [0.05, 0.1) is 0 Å². The first-order chi connectivity index (χ1) is 24.8. The Bertz CT molecular complexity index is 3020. The fourth-order valence-corrected chi connectivity index (χ4v) is 9.91. The zero-order valence-corrected chi connectivity index (χ0v) is 28.3. The van der Waals surface area contributed by atoms with Crippen molar-refractivity contribution in [1.82, 2.24) is 0 Å². The Hall–Kier alpha value is -5.70. The van der Waals surface area contributed by atoms with E-state index in [1.165, 1.54) is 90.8 Å². The Morgan fingerprint density at radius 2 is 1.38 bits per heavy atom. The molecule has 2 heterocycles. The van der Waals surface area contributed by atoms with Gasteiger partial charge in [-0.1, -0.05) is 127 Å². The molecule has 0 radical (unpaired) electrons. The van der Waals surface area contributed by atoms with Crippen LogP contribution in [0.15, 0.2) is 144 Å². The van der Waals surface area contributed by atoms with Gasteiger partial charge in [-0.2, -0.15) is 0 Å². The number of hydrogen-bond acceptors (Lipinski definition) is 2. The molecule has 0 aliphatic heterocycles. The molecular weight excluding hydrogens is 625 g/mol. The van der Waals surface area contributed by atoms with Crippen molar-refractivity contribution in [2.45, 2.75) is 25.2 Å². The molecule has 50 heavy (non-hydrogen) atoms. The van der Waals surface area contributed by atoms with E-state index in [0.29, 0.717) is 5.92 Å². The fourth-order valence-electron chi connectivity index (χ4n) is 8.76. The van der Waals surface area contributed by atoms with Crippen molar-refractivity contribution < 1.29 is 4.42 Å². The SMILES string of the molecule is C1=CCCC(c2c3ccccc3c(-c3cccc(C4C=c5c(sc6ccc7cc8oc9ccccc9c8cc7c56)=CC4)c3)c3ccccc23)=C1. The maximum absolute atomic E-state index is 6.26. The minimum atomic E-state index is 0.296. The molecule has 0 bridgehead atoms. The molecule has 0 saturated heterocycles. The second-order valence-electron chi connectivity index (χ2n) is 13.8. The van der Waals surface area contributed by atoms with Crippen molar-refractivity contribution in [3.8, 4) is 11.1 Å². The summed E-state index contributed by atoms with van der Waals surface area (Å²) in [6.45, 7) is 0. The van der Waals surface area contributed by atoms with Gasteiger partial charge in [-0.3, -0.25) is 0 Å². The van der Waals surface area contributed by atoms with Crippen molar-refractivity contribution in [3.05, 3.63) is 160 Å². The highest BCUT2D eigenvalue weighted by molar-refractivity contribution is 7.17. The molecule has 0 amide bonds. The van der Waals surface area contributed by atoms with Gasteiger partial charge in [0, 0.05) is 31.3 Å². The molecular formula is C48H32OS. The van der Waals surface area contributed by atoms with E-state index in [4.69, 9.17) is 4.42 Å². The van der Waals surface area contributed by atoms with Crippen LogP contribution in [-0.4, -0.2) is 0 Å². The third-order valence-corrected chi connectivity index (χ3v) is 12.2. The molecule has 1 nitrogen and oxygen atoms in total. The number of benzene rings is 7. The molecule has 0 spiro atoms. The number of allylic oxidation sites excluding steroid dienone is 4. The smallest absolute Gasteiger partial charge is 0.136 e. The minimum absolute atomic E-state index is 0.296. The molecule has 236 valence electrons. The summed E-state index contributed by atoms with van der Waals surface area (Å²) in [5.74, 6) is 0.296. The quantitative estimate of drug-likeness (QED) is 0.173. The van der Waals surface area contributed by atoms with Crippen molar-refractivity contribution in [3.63, 3.8) is 0 Å². The van der Waals surface area contributed by atoms with E-state index in [9.17, 15) is 0 Å². The lowest BCUT2D eigenvalue weighted by atomic mass is 9.83. The highest BCUT2D eigenvalue weighted by atomic mass is 32.1. The lowest BCUT2D eigenvalue weighted by molar-refractivity contribution is 0.669. The standard InChI is InChI=1S/C48H32OS/c1-2-11-29(12-3-1)46-35-16-4-6-18-37(35)47(38-19-7-5-17-36(38)46)33-14-10-13-30(25-33)31-21-23-44-41(26-31)48-39-28-40-34-15-8-9-20-42(34)49-43(40)27-32(39)22-24-45(48)50-44/h1-2,4-11,13-20,22-28,31H,3,12,21H2. The molecule has 2 aromatic heterocycles. The van der Waals surface area contributed by atoms with Crippen LogP contribution in [0.5, 0.6) is 0 Å². The molecule has 9 aromatic rings. The van der Waals surface area contributed by atoms with E-state index in [1.807, 2.05) is 17.4 Å². The molecule has 11 rings (SSSR count). The monoisotopic (exact) mass is 656 g/mol. The van der Waals surface area contributed by atoms with Gasteiger partial charge in [-0.05, 0) is 109 Å². The normalized spacial score (nSPS) is 15.9. The van der Waals surface area contributed by atoms with Crippen LogP contribution in [0.1, 0.15) is 36.3 Å². The van der Waals surface area contributed by atoms with Crippen molar-refractivity contribution in [2.24, 2.45) is 0 Å². The number of fused-ring (bicyclic) bond motifs is 10. The summed E-state index contributed by atoms with van der Waals surface area (Å²) in [5, 5.41) is 13.0. The highest BCUT2D eigenvalue weighted by Gasteiger charge is 2.20. The van der Waals surface area contributed by atoms with Gasteiger partial charge in [-0.15, -0.1) is 11.3 Å². The summed E-state index contributed by atoms with van der Waals surface area (Å²) in [6, 6.07) is 45.0. The van der Waals surface area contributed by atoms with Crippen LogP contribution in [0.25, 0.3) is 93.2 Å². The molecule has 0 saturated carbocycles. The average molecular weight is 657 g/mol. The minimum Gasteiger partial charge on any atom is -0.456 e. The number of thiophene rings is 1. The van der Waals surface area contributed by atoms with E-state index >= 15 is 0 Å². The number of rotatable bonds is 3. The van der Waals surface area contributed by atoms with Gasteiger partial charge < -0.3 is 4.42 Å². The largest absolute Gasteiger partial charge is 0.456 e. The first kappa shape index (κ1) is 28.2. The van der Waals surface area contributed by atoms with Gasteiger partial charge in [-0.25, -0.2) is 0 Å². The van der Waals surface area contributed by atoms with Gasteiger partial charge in [0.2, 0.25) is 0 Å². The third kappa shape index (κ3) is 4.19. The summed E-state index contributed by atoms with van der Waals surface area (Å²) < 4.78 is 8.99. The van der Waals surface area contributed by atoms with Crippen molar-refractivity contribution in [2.75, 3.05) is 0 Å². The van der Waals surface area contributed by atoms with Crippen LogP contribution < -0.4 is 9.75 Å². The lowest BCUT2D eigenvalue weighted by Gasteiger charge is -2.21. The Morgan fingerprint density at radius 1 is 0.620 bits per heavy atom. The van der Waals surface area contributed by atoms with E-state index in [-0.39, 0.29) is 0 Å². The van der Waals surface area contributed by atoms with Gasteiger partial charge in [0.25, 0.3) is 0 Å². The molecule has 1 unspecified atom stereocenters. The number of para-hydroxylation sites is 1. The average Bonchev–Trinajstić information content (AvgIpc) is 3.74. The third-order valence-electron chi connectivity index (χ3n) is 11.0. The number of furan rings is 1. The molecule has 0 N–H and O–H groups in total. The topological polar surface area (TPSA) is 13.1 Å². The maximum Gasteiger partial charge on any atom is 0.136 e. The Balaban J connectivity index is 1.10. The molecule has 2 heteroatoms. The molecule has 2 aliphatic rings. The van der Waals surface area contributed by atoms with E-state index in [0.717, 1.165) is 30.4 Å². The number of hydrogen-bond donors (Lipinski definition) is 0. The van der Waals surface area contributed by atoms with Crippen LogP contribution in [0.2, 0.25) is 0 Å². The van der Waals surface area contributed by atoms with Crippen LogP contribution in [0.3, 0.4) is 0 Å². The molecule has 0 fully saturated rings. The lowest BCUT2D eigenvalue weighted by Crippen LogP contribution is -2.23. The van der Waals surface area contributed by atoms with Crippen molar-refractivity contribution in [1.29, 1.82) is 0 Å². The van der Waals surface area contributed by atoms with E-state index < -0.39 is 0 Å². The fraction of sp³-hybridized carbons (Fsp3) is 0.0833. The summed E-state index contributed by atoms with van der Waals surface area (Å²) in [4.78, 5) is 0. The Kier molecular flexibility index (Phi) is 6.14. The first-order valence-electron chi connectivity index (χ1n) is 17.7. The Labute approximate surface area is 293 Å². The zero-order chi connectivity index (χ0) is 32.8. The molecule has 2 aliphatic carbocycles. The van der Waals surface area contributed by atoms with Crippen LogP contribution in [0.4, 0.5) is 0 Å². The summed E-state index contributed by atoms with van der Waals surface area (Å²) >= 11 is 1.92. The van der Waals surface area contributed by atoms with Crippen molar-refractivity contribution >= 4 is 93.4 Å². The predicted octanol–water partition coefficient (Wildman–Crippen LogP) is 12.4. The van der Waals surface area contributed by atoms with Gasteiger partial charge >= 0.3 is 0 Å². The van der Waals surface area contributed by atoms with Crippen LogP contribution >= 0.6 is 11.3 Å². The molecule has 7 aromatic carbocycles. The summed E-state index contributed by atoms with van der Waals surface area (Å²) in [5.41, 5.74) is 8.70.